The fraction of sp³-hybridized carbons (Fsp3) is 0.278. The average Bonchev–Trinajstić information content (AvgIpc) is 3.14. The average molecular weight is 413 g/mol. The first-order valence-electron chi connectivity index (χ1n) is 7.98. The van der Waals surface area contributed by atoms with Gasteiger partial charge in [0.25, 0.3) is 5.91 Å². The number of rotatable bonds is 8. The van der Waals surface area contributed by atoms with E-state index in [-0.39, 0.29) is 25.4 Å². The van der Waals surface area contributed by atoms with Gasteiger partial charge in [0, 0.05) is 22.7 Å². The number of hydrogen-bond donors (Lipinski definition) is 1. The highest BCUT2D eigenvalue weighted by atomic mass is 35.5. The van der Waals surface area contributed by atoms with Crippen LogP contribution in [-0.2, 0) is 32.1 Å². The van der Waals surface area contributed by atoms with Gasteiger partial charge in [0.1, 0.15) is 5.76 Å². The number of nitrogens with zero attached hydrogens (tertiary/aromatic N) is 1. The van der Waals surface area contributed by atoms with E-state index < -0.39 is 18.5 Å². The number of esters is 1. The molecule has 0 saturated carbocycles. The Bertz CT molecular complexity index is 788. The van der Waals surface area contributed by atoms with Gasteiger partial charge in [-0.25, -0.2) is 0 Å². The molecule has 0 atom stereocenters. The molecule has 1 aromatic heterocycles. The van der Waals surface area contributed by atoms with Crippen molar-refractivity contribution in [1.29, 1.82) is 0 Å². The Balaban J connectivity index is 1.73. The number of likely N-dealkylation sites (N-methyl/N-ethyl adjacent to an activating group) is 1. The number of carbonyl (C=O) groups excluding carboxylic acids is 3. The van der Waals surface area contributed by atoms with Gasteiger partial charge >= 0.3 is 5.97 Å². The van der Waals surface area contributed by atoms with Crippen molar-refractivity contribution in [3.8, 4) is 0 Å². The van der Waals surface area contributed by atoms with Gasteiger partial charge in [-0.2, -0.15) is 0 Å². The Morgan fingerprint density at radius 1 is 1.15 bits per heavy atom. The third-order valence-corrected chi connectivity index (χ3v) is 4.29. The summed E-state index contributed by atoms with van der Waals surface area (Å²) < 4.78 is 10.0. The van der Waals surface area contributed by atoms with Crippen molar-refractivity contribution in [3.63, 3.8) is 0 Å². The molecule has 2 rings (SSSR count). The van der Waals surface area contributed by atoms with Crippen LogP contribution in [0.25, 0.3) is 0 Å². The van der Waals surface area contributed by atoms with Gasteiger partial charge in [0.2, 0.25) is 5.91 Å². The van der Waals surface area contributed by atoms with Gasteiger partial charge in [-0.1, -0.05) is 29.3 Å². The molecule has 144 valence electrons. The lowest BCUT2D eigenvalue weighted by Gasteiger charge is -2.16. The van der Waals surface area contributed by atoms with E-state index in [1.54, 1.807) is 30.3 Å². The first-order valence-corrected chi connectivity index (χ1v) is 8.74. The molecule has 0 saturated heterocycles. The van der Waals surface area contributed by atoms with Crippen LogP contribution in [0.1, 0.15) is 11.3 Å². The second-order valence-electron chi connectivity index (χ2n) is 5.64. The minimum Gasteiger partial charge on any atom is -0.467 e. The quantitative estimate of drug-likeness (QED) is 0.672. The van der Waals surface area contributed by atoms with Crippen molar-refractivity contribution >= 4 is 41.0 Å². The summed E-state index contributed by atoms with van der Waals surface area (Å²) in [7, 11) is 1.44. The number of nitrogens with one attached hydrogen (secondary N) is 1. The van der Waals surface area contributed by atoms with Gasteiger partial charge < -0.3 is 19.4 Å². The van der Waals surface area contributed by atoms with E-state index in [4.69, 9.17) is 32.4 Å². The van der Waals surface area contributed by atoms with E-state index in [9.17, 15) is 14.4 Å². The minimum atomic E-state index is -0.644. The number of ether oxygens (including phenoxy) is 1. The van der Waals surface area contributed by atoms with Crippen LogP contribution in [-0.4, -0.2) is 42.9 Å². The second-order valence-corrected chi connectivity index (χ2v) is 6.46. The SMILES string of the molecule is CN(CC(=O)NCc1ccco1)C(=O)COC(=O)Cc1c(Cl)cccc1Cl. The number of halogens is 2. The Morgan fingerprint density at radius 2 is 1.85 bits per heavy atom. The first kappa shape index (κ1) is 20.8. The van der Waals surface area contributed by atoms with Crippen LogP contribution in [0.5, 0.6) is 0 Å². The number of carbonyl (C=O) groups is 3. The predicted molar refractivity (Wildman–Crippen MR) is 99.3 cm³/mol. The highest BCUT2D eigenvalue weighted by molar-refractivity contribution is 6.36. The maximum absolute atomic E-state index is 12.0. The van der Waals surface area contributed by atoms with Crippen LogP contribution >= 0.6 is 23.2 Å². The van der Waals surface area contributed by atoms with Crippen LogP contribution in [0.3, 0.4) is 0 Å². The summed E-state index contributed by atoms with van der Waals surface area (Å²) in [5.74, 6) is -0.920. The summed E-state index contributed by atoms with van der Waals surface area (Å²) in [5, 5.41) is 3.30. The van der Waals surface area contributed by atoms with Crippen molar-refractivity contribution in [2.45, 2.75) is 13.0 Å². The van der Waals surface area contributed by atoms with E-state index in [0.29, 0.717) is 21.4 Å². The molecule has 1 N–H and O–H groups in total. The van der Waals surface area contributed by atoms with Crippen molar-refractivity contribution < 1.29 is 23.5 Å². The topological polar surface area (TPSA) is 88.8 Å². The highest BCUT2D eigenvalue weighted by Gasteiger charge is 2.17. The highest BCUT2D eigenvalue weighted by Crippen LogP contribution is 2.24. The van der Waals surface area contributed by atoms with E-state index in [1.807, 2.05) is 0 Å². The van der Waals surface area contributed by atoms with Crippen molar-refractivity contribution in [3.05, 3.63) is 58.0 Å². The molecule has 0 fully saturated rings. The molecule has 2 aromatic rings. The summed E-state index contributed by atoms with van der Waals surface area (Å²) in [4.78, 5) is 36.9. The molecular weight excluding hydrogens is 395 g/mol. The van der Waals surface area contributed by atoms with Crippen LogP contribution in [0, 0.1) is 0 Å². The number of benzene rings is 1. The normalized spacial score (nSPS) is 10.3. The molecule has 1 aromatic carbocycles. The lowest BCUT2D eigenvalue weighted by atomic mass is 10.1. The Hall–Kier alpha value is -2.51. The molecule has 0 aliphatic rings. The molecule has 2 amide bonds. The van der Waals surface area contributed by atoms with Crippen LogP contribution in [0.4, 0.5) is 0 Å². The van der Waals surface area contributed by atoms with Crippen molar-refractivity contribution in [1.82, 2.24) is 10.2 Å². The summed E-state index contributed by atoms with van der Waals surface area (Å²) in [6, 6.07) is 8.31. The lowest BCUT2D eigenvalue weighted by molar-refractivity contribution is -0.151. The first-order chi connectivity index (χ1) is 12.9. The molecule has 9 heteroatoms. The van der Waals surface area contributed by atoms with Crippen molar-refractivity contribution in [2.24, 2.45) is 0 Å². The van der Waals surface area contributed by atoms with Crippen LogP contribution in [0.2, 0.25) is 10.0 Å². The third-order valence-electron chi connectivity index (χ3n) is 3.59. The number of furan rings is 1. The zero-order valence-corrected chi connectivity index (χ0v) is 16.0. The summed E-state index contributed by atoms with van der Waals surface area (Å²) in [5.41, 5.74) is 0.434. The van der Waals surface area contributed by atoms with Crippen LogP contribution < -0.4 is 5.32 Å². The van der Waals surface area contributed by atoms with Gasteiger partial charge in [-0.15, -0.1) is 0 Å². The van der Waals surface area contributed by atoms with E-state index in [2.05, 4.69) is 5.32 Å². The summed E-state index contributed by atoms with van der Waals surface area (Å²) >= 11 is 12.0. The molecule has 0 aliphatic heterocycles. The number of hydrogen-bond acceptors (Lipinski definition) is 5. The summed E-state index contributed by atoms with van der Waals surface area (Å²) in [6.07, 6.45) is 1.35. The zero-order valence-electron chi connectivity index (χ0n) is 14.5. The molecular formula is C18H18Cl2N2O5. The molecule has 0 aliphatic carbocycles. The Labute approximate surface area is 166 Å². The third kappa shape index (κ3) is 6.62. The monoisotopic (exact) mass is 412 g/mol. The fourth-order valence-electron chi connectivity index (χ4n) is 2.11. The molecule has 0 unspecified atom stereocenters. The standard InChI is InChI=1S/C18H18Cl2N2O5/c1-22(10-16(23)21-9-12-4-3-7-26-12)17(24)11-27-18(25)8-13-14(19)5-2-6-15(13)20/h2-7H,8-11H2,1H3,(H,21,23). The molecule has 27 heavy (non-hydrogen) atoms. The van der Waals surface area contributed by atoms with E-state index >= 15 is 0 Å². The minimum absolute atomic E-state index is 0.154. The number of amides is 2. The maximum Gasteiger partial charge on any atom is 0.310 e. The van der Waals surface area contributed by atoms with Gasteiger partial charge in [-0.05, 0) is 24.3 Å². The smallest absolute Gasteiger partial charge is 0.310 e. The second kappa shape index (κ2) is 9.99. The Kier molecular flexibility index (Phi) is 7.69. The zero-order chi connectivity index (χ0) is 19.8. The van der Waals surface area contributed by atoms with Crippen LogP contribution in [0.15, 0.2) is 41.0 Å². The maximum atomic E-state index is 12.0. The van der Waals surface area contributed by atoms with Gasteiger partial charge in [0.15, 0.2) is 6.61 Å². The van der Waals surface area contributed by atoms with E-state index in [1.165, 1.54) is 13.3 Å². The van der Waals surface area contributed by atoms with E-state index in [0.717, 1.165) is 4.90 Å². The molecule has 1 heterocycles. The lowest BCUT2D eigenvalue weighted by Crippen LogP contribution is -2.40. The Morgan fingerprint density at radius 3 is 2.48 bits per heavy atom. The van der Waals surface area contributed by atoms with Crippen molar-refractivity contribution in [2.75, 3.05) is 20.2 Å². The van der Waals surface area contributed by atoms with Gasteiger partial charge in [0.05, 0.1) is 25.8 Å². The molecule has 0 bridgehead atoms. The van der Waals surface area contributed by atoms with Gasteiger partial charge in [-0.3, -0.25) is 14.4 Å². The molecule has 0 spiro atoms. The molecule has 7 nitrogen and oxygen atoms in total. The largest absolute Gasteiger partial charge is 0.467 e. The summed E-state index contributed by atoms with van der Waals surface area (Å²) in [6.45, 7) is -0.433. The predicted octanol–water partition coefficient (Wildman–Crippen LogP) is 2.45. The fourth-order valence-corrected chi connectivity index (χ4v) is 2.64. The molecule has 0 radical (unpaired) electrons.